The Morgan fingerprint density at radius 1 is 0.850 bits per heavy atom. The van der Waals surface area contributed by atoms with Gasteiger partial charge in [-0.15, -0.1) is 0 Å². The van der Waals surface area contributed by atoms with Gasteiger partial charge in [-0.3, -0.25) is 0 Å². The molecule has 0 spiro atoms. The molecule has 0 aromatic heterocycles. The van der Waals surface area contributed by atoms with Crippen LogP contribution in [0.15, 0.2) is 46.4 Å². The van der Waals surface area contributed by atoms with Gasteiger partial charge in [0, 0.05) is 5.56 Å². The van der Waals surface area contributed by atoms with Gasteiger partial charge in [0.25, 0.3) is 0 Å². The van der Waals surface area contributed by atoms with E-state index >= 15 is 0 Å². The van der Waals surface area contributed by atoms with Crippen LogP contribution in [0.3, 0.4) is 0 Å². The molecule has 0 fully saturated rings. The molecule has 20 heavy (non-hydrogen) atoms. The lowest BCUT2D eigenvalue weighted by Crippen LogP contribution is -1.87. The van der Waals surface area contributed by atoms with Gasteiger partial charge < -0.3 is 0 Å². The molecule has 0 amide bonds. The van der Waals surface area contributed by atoms with Crippen LogP contribution in [0.4, 0.5) is 11.4 Å². The average molecular weight is 264 g/mol. The standard InChI is InChI=1S/C16H12N2O2/c1-11-5-3-6-13(12(11)2)14-7-4-8-15(17-9-19)16(14)18-10-20/h3-8H,1-2H3. The molecule has 2 aromatic rings. The minimum atomic E-state index is 0.307. The first-order valence-electron chi connectivity index (χ1n) is 6.04. The van der Waals surface area contributed by atoms with Gasteiger partial charge in [0.1, 0.15) is 11.4 Å². The van der Waals surface area contributed by atoms with E-state index in [1.54, 1.807) is 12.1 Å². The molecule has 2 aromatic carbocycles. The zero-order chi connectivity index (χ0) is 14.5. The molecule has 0 aliphatic heterocycles. The van der Waals surface area contributed by atoms with Crippen molar-refractivity contribution in [1.82, 2.24) is 0 Å². The quantitative estimate of drug-likeness (QED) is 0.623. The maximum Gasteiger partial charge on any atom is 0.240 e. The monoisotopic (exact) mass is 264 g/mol. The molecule has 4 heteroatoms. The summed E-state index contributed by atoms with van der Waals surface area (Å²) in [6, 6.07) is 11.1. The first kappa shape index (κ1) is 13.6. The number of hydrogen-bond donors (Lipinski definition) is 0. The summed E-state index contributed by atoms with van der Waals surface area (Å²) >= 11 is 0. The van der Waals surface area contributed by atoms with Crippen molar-refractivity contribution in [2.75, 3.05) is 0 Å². The highest BCUT2D eigenvalue weighted by Gasteiger charge is 2.12. The number of para-hydroxylation sites is 1. The molecule has 0 aliphatic rings. The fourth-order valence-corrected chi connectivity index (χ4v) is 2.09. The average Bonchev–Trinajstić information content (AvgIpc) is 2.44. The molecule has 4 nitrogen and oxygen atoms in total. The fraction of sp³-hybridized carbons (Fsp3) is 0.125. The van der Waals surface area contributed by atoms with Gasteiger partial charge >= 0.3 is 0 Å². The third-order valence-corrected chi connectivity index (χ3v) is 3.23. The van der Waals surface area contributed by atoms with E-state index in [9.17, 15) is 9.59 Å². The molecule has 0 radical (unpaired) electrons. The summed E-state index contributed by atoms with van der Waals surface area (Å²) in [6.45, 7) is 4.00. The topological polar surface area (TPSA) is 58.9 Å². The van der Waals surface area contributed by atoms with Crippen molar-refractivity contribution in [3.63, 3.8) is 0 Å². The van der Waals surface area contributed by atoms with Crippen molar-refractivity contribution in [2.45, 2.75) is 13.8 Å². The summed E-state index contributed by atoms with van der Waals surface area (Å²) < 4.78 is 0. The normalized spacial score (nSPS) is 9.50. The molecule has 0 saturated carbocycles. The lowest BCUT2D eigenvalue weighted by Gasteiger charge is -2.11. The van der Waals surface area contributed by atoms with Crippen LogP contribution in [0.2, 0.25) is 0 Å². The molecule has 0 atom stereocenters. The van der Waals surface area contributed by atoms with Crippen LogP contribution in [-0.4, -0.2) is 12.2 Å². The van der Waals surface area contributed by atoms with Gasteiger partial charge in [-0.25, -0.2) is 9.59 Å². The number of carbonyl (C=O) groups excluding carboxylic acids is 2. The van der Waals surface area contributed by atoms with Gasteiger partial charge in [0.2, 0.25) is 12.2 Å². The highest BCUT2D eigenvalue weighted by atomic mass is 16.1. The second kappa shape index (κ2) is 5.89. The van der Waals surface area contributed by atoms with Crippen molar-refractivity contribution in [2.24, 2.45) is 9.98 Å². The highest BCUT2D eigenvalue weighted by molar-refractivity contribution is 5.87. The Morgan fingerprint density at radius 2 is 1.50 bits per heavy atom. The van der Waals surface area contributed by atoms with Gasteiger partial charge in [-0.1, -0.05) is 30.3 Å². The zero-order valence-electron chi connectivity index (χ0n) is 11.2. The van der Waals surface area contributed by atoms with Crippen molar-refractivity contribution in [3.8, 4) is 11.1 Å². The number of rotatable bonds is 3. The Bertz CT molecular complexity index is 753. The maximum absolute atomic E-state index is 10.6. The largest absolute Gasteiger partial charge is 0.240 e. The van der Waals surface area contributed by atoms with Crippen molar-refractivity contribution >= 4 is 23.5 Å². The Morgan fingerprint density at radius 3 is 2.20 bits per heavy atom. The van der Waals surface area contributed by atoms with Gasteiger partial charge in [-0.05, 0) is 36.6 Å². The van der Waals surface area contributed by atoms with Crippen LogP contribution in [0, 0.1) is 13.8 Å². The SMILES string of the molecule is Cc1cccc(-c2cccc(N=C=O)c2N=C=O)c1C. The summed E-state index contributed by atoms with van der Waals surface area (Å²) in [4.78, 5) is 28.4. The predicted molar refractivity (Wildman–Crippen MR) is 76.9 cm³/mol. The van der Waals surface area contributed by atoms with Crippen LogP contribution in [-0.2, 0) is 9.59 Å². The third-order valence-electron chi connectivity index (χ3n) is 3.23. The Balaban J connectivity index is 2.80. The van der Waals surface area contributed by atoms with E-state index in [4.69, 9.17) is 0 Å². The molecule has 0 N–H and O–H groups in total. The summed E-state index contributed by atoms with van der Waals surface area (Å²) in [5.74, 6) is 0. The highest BCUT2D eigenvalue weighted by Crippen LogP contribution is 2.39. The molecule has 0 bridgehead atoms. The zero-order valence-corrected chi connectivity index (χ0v) is 11.2. The molecule has 0 saturated heterocycles. The molecule has 2 rings (SSSR count). The van der Waals surface area contributed by atoms with E-state index < -0.39 is 0 Å². The number of hydrogen-bond acceptors (Lipinski definition) is 4. The molecule has 0 heterocycles. The molecular weight excluding hydrogens is 252 g/mol. The van der Waals surface area contributed by atoms with Gasteiger partial charge in [0.15, 0.2) is 0 Å². The Labute approximate surface area is 116 Å². The Kier molecular flexibility index (Phi) is 4.02. The maximum atomic E-state index is 10.6. The smallest absolute Gasteiger partial charge is 0.211 e. The molecule has 0 unspecified atom stereocenters. The predicted octanol–water partition coefficient (Wildman–Crippen LogP) is 3.91. The van der Waals surface area contributed by atoms with Crippen LogP contribution < -0.4 is 0 Å². The van der Waals surface area contributed by atoms with E-state index in [1.807, 2.05) is 38.1 Å². The van der Waals surface area contributed by atoms with Crippen LogP contribution in [0.1, 0.15) is 11.1 Å². The van der Waals surface area contributed by atoms with Gasteiger partial charge in [-0.2, -0.15) is 9.98 Å². The van der Waals surface area contributed by atoms with E-state index in [1.165, 1.54) is 12.2 Å². The molecule has 0 aliphatic carbocycles. The van der Waals surface area contributed by atoms with Crippen LogP contribution in [0.5, 0.6) is 0 Å². The lowest BCUT2D eigenvalue weighted by molar-refractivity contribution is 0.564. The number of aliphatic imine (C=N–C) groups is 2. The summed E-state index contributed by atoms with van der Waals surface area (Å²) in [6.07, 6.45) is 2.98. The van der Waals surface area contributed by atoms with E-state index in [0.29, 0.717) is 11.4 Å². The second-order valence-corrected chi connectivity index (χ2v) is 4.33. The van der Waals surface area contributed by atoms with E-state index in [-0.39, 0.29) is 0 Å². The number of benzene rings is 2. The van der Waals surface area contributed by atoms with Crippen molar-refractivity contribution in [3.05, 3.63) is 47.5 Å². The van der Waals surface area contributed by atoms with Crippen molar-refractivity contribution < 1.29 is 9.59 Å². The fourth-order valence-electron chi connectivity index (χ4n) is 2.09. The number of aryl methyl sites for hydroxylation is 1. The third kappa shape index (κ3) is 2.47. The Hall–Kier alpha value is -2.80. The van der Waals surface area contributed by atoms with E-state index in [0.717, 1.165) is 22.3 Å². The summed E-state index contributed by atoms with van der Waals surface area (Å²) in [5.41, 5.74) is 4.55. The molecule has 98 valence electrons. The lowest BCUT2D eigenvalue weighted by atomic mass is 9.95. The first-order valence-corrected chi connectivity index (χ1v) is 6.04. The van der Waals surface area contributed by atoms with Crippen LogP contribution in [0.25, 0.3) is 11.1 Å². The molecular formula is C16H12N2O2. The number of isocyanates is 2. The summed E-state index contributed by atoms with van der Waals surface area (Å²) in [7, 11) is 0. The second-order valence-electron chi connectivity index (χ2n) is 4.33. The van der Waals surface area contributed by atoms with Gasteiger partial charge in [0.05, 0.1) is 0 Å². The minimum absolute atomic E-state index is 0.307. The first-order chi connectivity index (χ1) is 9.69. The number of nitrogens with zero attached hydrogens (tertiary/aromatic N) is 2. The minimum Gasteiger partial charge on any atom is -0.211 e. The summed E-state index contributed by atoms with van der Waals surface area (Å²) in [5, 5.41) is 0. The van der Waals surface area contributed by atoms with E-state index in [2.05, 4.69) is 9.98 Å². The van der Waals surface area contributed by atoms with Crippen molar-refractivity contribution in [1.29, 1.82) is 0 Å². The van der Waals surface area contributed by atoms with Crippen LogP contribution >= 0.6 is 0 Å².